The summed E-state index contributed by atoms with van der Waals surface area (Å²) in [4.78, 5) is 25.1. The van der Waals surface area contributed by atoms with Gasteiger partial charge in [0.1, 0.15) is 11.5 Å². The fourth-order valence-electron chi connectivity index (χ4n) is 2.35. The molecule has 0 bridgehead atoms. The molecule has 0 radical (unpaired) electrons. The smallest absolute Gasteiger partial charge is 0.262 e. The predicted molar refractivity (Wildman–Crippen MR) is 89.0 cm³/mol. The van der Waals surface area contributed by atoms with E-state index >= 15 is 0 Å². The molecule has 0 saturated carbocycles. The van der Waals surface area contributed by atoms with Crippen LogP contribution in [0.15, 0.2) is 48.5 Å². The number of ether oxygens (including phenoxy) is 2. The molecule has 124 valence electrons. The van der Waals surface area contributed by atoms with Crippen molar-refractivity contribution in [1.29, 1.82) is 0 Å². The highest BCUT2D eigenvalue weighted by Gasteiger charge is 2.17. The Morgan fingerprint density at radius 1 is 1.25 bits per heavy atom. The van der Waals surface area contributed by atoms with Crippen LogP contribution in [0.25, 0.3) is 0 Å². The minimum Gasteiger partial charge on any atom is -0.484 e. The molecule has 0 saturated heterocycles. The molecule has 6 heteroatoms. The number of hydrogen-bond acceptors (Lipinski definition) is 4. The Morgan fingerprint density at radius 2 is 2.04 bits per heavy atom. The Balaban J connectivity index is 1.56. The van der Waals surface area contributed by atoms with Crippen molar-refractivity contribution < 1.29 is 19.1 Å². The molecule has 0 fully saturated rings. The van der Waals surface area contributed by atoms with Crippen LogP contribution >= 0.6 is 0 Å². The molecule has 24 heavy (non-hydrogen) atoms. The molecule has 1 aliphatic heterocycles. The van der Waals surface area contributed by atoms with Gasteiger partial charge in [0.25, 0.3) is 11.8 Å². The minimum atomic E-state index is -0.210. The second-order valence-corrected chi connectivity index (χ2v) is 5.52. The van der Waals surface area contributed by atoms with Crippen molar-refractivity contribution in [1.82, 2.24) is 4.90 Å². The van der Waals surface area contributed by atoms with Crippen LogP contribution < -0.4 is 14.8 Å². The van der Waals surface area contributed by atoms with E-state index in [2.05, 4.69) is 5.32 Å². The lowest BCUT2D eigenvalue weighted by Crippen LogP contribution is -2.31. The molecule has 1 heterocycles. The second-order valence-electron chi connectivity index (χ2n) is 5.52. The first kappa shape index (κ1) is 15.9. The Labute approximate surface area is 140 Å². The highest BCUT2D eigenvalue weighted by atomic mass is 16.5. The number of nitrogens with zero attached hydrogens (tertiary/aromatic N) is 1. The predicted octanol–water partition coefficient (Wildman–Crippen LogP) is 2.05. The standard InChI is InChI=1S/C18H18N2O4/c1-20(10-13-5-3-2-4-6-13)18(22)12-23-14-7-8-16-15(9-14)19-17(21)11-24-16/h2-9H,10-12H2,1H3,(H,19,21). The van der Waals surface area contributed by atoms with Crippen LogP contribution in [0.1, 0.15) is 5.56 Å². The molecule has 2 aromatic rings. The number of nitrogens with one attached hydrogen (secondary N) is 1. The van der Waals surface area contributed by atoms with E-state index in [1.807, 2.05) is 30.3 Å². The van der Waals surface area contributed by atoms with E-state index in [4.69, 9.17) is 9.47 Å². The maximum atomic E-state index is 12.2. The van der Waals surface area contributed by atoms with E-state index in [0.29, 0.717) is 23.7 Å². The van der Waals surface area contributed by atoms with Crippen LogP contribution in [0.5, 0.6) is 11.5 Å². The SMILES string of the molecule is CN(Cc1ccccc1)C(=O)COc1ccc2c(c1)NC(=O)CO2. The normalized spacial score (nSPS) is 12.6. The number of fused-ring (bicyclic) bond motifs is 1. The van der Waals surface area contributed by atoms with E-state index in [1.165, 1.54) is 0 Å². The molecule has 1 aliphatic rings. The van der Waals surface area contributed by atoms with Crippen molar-refractivity contribution in [3.05, 3.63) is 54.1 Å². The van der Waals surface area contributed by atoms with Crippen LogP contribution in [0.2, 0.25) is 0 Å². The number of carbonyl (C=O) groups is 2. The van der Waals surface area contributed by atoms with Gasteiger partial charge in [-0.1, -0.05) is 30.3 Å². The van der Waals surface area contributed by atoms with Crippen molar-refractivity contribution in [2.75, 3.05) is 25.6 Å². The molecule has 1 N–H and O–H groups in total. The first-order valence-corrected chi connectivity index (χ1v) is 7.59. The summed E-state index contributed by atoms with van der Waals surface area (Å²) in [5.41, 5.74) is 1.61. The lowest BCUT2D eigenvalue weighted by Gasteiger charge is -2.20. The van der Waals surface area contributed by atoms with E-state index < -0.39 is 0 Å². The summed E-state index contributed by atoms with van der Waals surface area (Å²) in [6.07, 6.45) is 0. The summed E-state index contributed by atoms with van der Waals surface area (Å²) < 4.78 is 10.8. The van der Waals surface area contributed by atoms with Crippen LogP contribution in [-0.4, -0.2) is 37.0 Å². The van der Waals surface area contributed by atoms with Crippen LogP contribution in [0, 0.1) is 0 Å². The molecule has 3 rings (SSSR count). The number of rotatable bonds is 5. The van der Waals surface area contributed by atoms with Gasteiger partial charge in [0.2, 0.25) is 0 Å². The molecular formula is C18H18N2O4. The third-order valence-electron chi connectivity index (χ3n) is 3.63. The van der Waals surface area contributed by atoms with Gasteiger partial charge in [0.15, 0.2) is 13.2 Å². The zero-order valence-corrected chi connectivity index (χ0v) is 13.3. The third kappa shape index (κ3) is 3.84. The molecule has 0 unspecified atom stereocenters. The number of anilines is 1. The minimum absolute atomic E-state index is 0.00989. The summed E-state index contributed by atoms with van der Waals surface area (Å²) in [7, 11) is 1.74. The molecule has 0 spiro atoms. The maximum Gasteiger partial charge on any atom is 0.262 e. The van der Waals surface area contributed by atoms with Gasteiger partial charge in [0, 0.05) is 19.7 Å². The highest BCUT2D eigenvalue weighted by molar-refractivity contribution is 5.95. The van der Waals surface area contributed by atoms with Gasteiger partial charge in [-0.25, -0.2) is 0 Å². The van der Waals surface area contributed by atoms with Crippen molar-refractivity contribution >= 4 is 17.5 Å². The summed E-state index contributed by atoms with van der Waals surface area (Å²) in [6, 6.07) is 14.8. The largest absolute Gasteiger partial charge is 0.484 e. The molecule has 2 amide bonds. The molecule has 2 aromatic carbocycles. The zero-order valence-electron chi connectivity index (χ0n) is 13.3. The topological polar surface area (TPSA) is 67.9 Å². The molecule has 6 nitrogen and oxygen atoms in total. The summed E-state index contributed by atoms with van der Waals surface area (Å²) in [5.74, 6) is 0.755. The summed E-state index contributed by atoms with van der Waals surface area (Å²) in [5, 5.41) is 2.70. The number of benzene rings is 2. The third-order valence-corrected chi connectivity index (χ3v) is 3.63. The number of hydrogen-bond donors (Lipinski definition) is 1. The Kier molecular flexibility index (Phi) is 4.65. The first-order chi connectivity index (χ1) is 11.6. The quantitative estimate of drug-likeness (QED) is 0.913. The summed E-state index contributed by atoms with van der Waals surface area (Å²) >= 11 is 0. The second kappa shape index (κ2) is 7.04. The van der Waals surface area contributed by atoms with Crippen molar-refractivity contribution in [3.63, 3.8) is 0 Å². The average molecular weight is 326 g/mol. The Hall–Kier alpha value is -3.02. The molecule has 0 aliphatic carbocycles. The lowest BCUT2D eigenvalue weighted by atomic mass is 10.2. The van der Waals surface area contributed by atoms with E-state index in [-0.39, 0.29) is 25.0 Å². The summed E-state index contributed by atoms with van der Waals surface area (Å²) in [6.45, 7) is 0.462. The number of likely N-dealkylation sites (N-methyl/N-ethyl adjacent to an activating group) is 1. The lowest BCUT2D eigenvalue weighted by molar-refractivity contribution is -0.132. The molecular weight excluding hydrogens is 308 g/mol. The average Bonchev–Trinajstić information content (AvgIpc) is 2.60. The van der Waals surface area contributed by atoms with E-state index in [1.54, 1.807) is 30.1 Å². The van der Waals surface area contributed by atoms with Crippen molar-refractivity contribution in [2.24, 2.45) is 0 Å². The van der Waals surface area contributed by atoms with E-state index in [9.17, 15) is 9.59 Å². The van der Waals surface area contributed by atoms with E-state index in [0.717, 1.165) is 5.56 Å². The van der Waals surface area contributed by atoms with Crippen LogP contribution in [0.3, 0.4) is 0 Å². The van der Waals surface area contributed by atoms with Crippen LogP contribution in [-0.2, 0) is 16.1 Å². The molecule has 0 aromatic heterocycles. The van der Waals surface area contributed by atoms with Crippen molar-refractivity contribution in [2.45, 2.75) is 6.54 Å². The Morgan fingerprint density at radius 3 is 2.83 bits per heavy atom. The molecule has 0 atom stereocenters. The highest BCUT2D eigenvalue weighted by Crippen LogP contribution is 2.31. The van der Waals surface area contributed by atoms with Gasteiger partial charge in [0.05, 0.1) is 5.69 Å². The van der Waals surface area contributed by atoms with Gasteiger partial charge in [-0.2, -0.15) is 0 Å². The van der Waals surface area contributed by atoms with Gasteiger partial charge in [-0.3, -0.25) is 9.59 Å². The fraction of sp³-hybridized carbons (Fsp3) is 0.222. The number of carbonyl (C=O) groups excluding carboxylic acids is 2. The maximum absolute atomic E-state index is 12.2. The van der Waals surface area contributed by atoms with Crippen molar-refractivity contribution in [3.8, 4) is 11.5 Å². The van der Waals surface area contributed by atoms with Crippen LogP contribution in [0.4, 0.5) is 5.69 Å². The first-order valence-electron chi connectivity index (χ1n) is 7.59. The van der Waals surface area contributed by atoms with Gasteiger partial charge >= 0.3 is 0 Å². The number of amides is 2. The zero-order chi connectivity index (χ0) is 16.9. The van der Waals surface area contributed by atoms with Gasteiger partial charge in [-0.15, -0.1) is 0 Å². The van der Waals surface area contributed by atoms with Gasteiger partial charge < -0.3 is 19.7 Å². The van der Waals surface area contributed by atoms with Gasteiger partial charge in [-0.05, 0) is 17.7 Å². The Bertz CT molecular complexity index is 746. The fourth-order valence-corrected chi connectivity index (χ4v) is 2.35. The monoisotopic (exact) mass is 326 g/mol.